The highest BCUT2D eigenvalue weighted by Crippen LogP contribution is 2.30. The molecule has 3 aromatic rings. The van der Waals surface area contributed by atoms with Crippen LogP contribution in [-0.2, 0) is 0 Å². The van der Waals surface area contributed by atoms with Gasteiger partial charge in [-0.2, -0.15) is 0 Å². The van der Waals surface area contributed by atoms with Crippen LogP contribution in [0.2, 0.25) is 5.28 Å². The quantitative estimate of drug-likeness (QED) is 0.627. The van der Waals surface area contributed by atoms with Gasteiger partial charge in [-0.15, -0.1) is 11.3 Å². The standard InChI is InChI=1S/C12H8ClN3S/c1-7-6-14-12(13)16-10(7)11-15-8-4-2-3-5-9(8)17-11/h2-6H,1H3. The average Bonchev–Trinajstić information content (AvgIpc) is 2.75. The number of aryl methyl sites for hydroxylation is 1. The lowest BCUT2D eigenvalue weighted by molar-refractivity contribution is 1.13. The molecule has 0 spiro atoms. The maximum absolute atomic E-state index is 5.82. The number of hydrogen-bond acceptors (Lipinski definition) is 4. The van der Waals surface area contributed by atoms with Gasteiger partial charge in [0, 0.05) is 6.20 Å². The Morgan fingerprint density at radius 3 is 2.82 bits per heavy atom. The molecule has 3 rings (SSSR count). The molecule has 0 aliphatic rings. The maximum atomic E-state index is 5.82. The molecule has 0 atom stereocenters. The van der Waals surface area contributed by atoms with E-state index in [0.717, 1.165) is 26.5 Å². The molecule has 0 bridgehead atoms. The zero-order valence-corrected chi connectivity index (χ0v) is 10.6. The molecule has 0 N–H and O–H groups in total. The predicted molar refractivity (Wildman–Crippen MR) is 70.4 cm³/mol. The maximum Gasteiger partial charge on any atom is 0.222 e. The van der Waals surface area contributed by atoms with Crippen LogP contribution in [0.1, 0.15) is 5.56 Å². The summed E-state index contributed by atoms with van der Waals surface area (Å²) in [5.74, 6) is 0. The third-order valence-corrected chi connectivity index (χ3v) is 3.66. The summed E-state index contributed by atoms with van der Waals surface area (Å²) in [4.78, 5) is 12.7. The second kappa shape index (κ2) is 4.05. The first-order valence-electron chi connectivity index (χ1n) is 5.09. The minimum Gasteiger partial charge on any atom is -0.234 e. The number of aromatic nitrogens is 3. The van der Waals surface area contributed by atoms with E-state index in [1.54, 1.807) is 17.5 Å². The molecule has 84 valence electrons. The Bertz CT molecular complexity index is 660. The summed E-state index contributed by atoms with van der Waals surface area (Å²) in [5, 5.41) is 1.14. The van der Waals surface area contributed by atoms with Gasteiger partial charge in [0.2, 0.25) is 5.28 Å². The summed E-state index contributed by atoms with van der Waals surface area (Å²) in [6.07, 6.45) is 1.72. The Balaban J connectivity index is 2.23. The van der Waals surface area contributed by atoms with Gasteiger partial charge >= 0.3 is 0 Å². The van der Waals surface area contributed by atoms with Crippen LogP contribution in [0.4, 0.5) is 0 Å². The molecule has 17 heavy (non-hydrogen) atoms. The third kappa shape index (κ3) is 1.90. The van der Waals surface area contributed by atoms with E-state index in [0.29, 0.717) is 0 Å². The van der Waals surface area contributed by atoms with Crippen molar-refractivity contribution in [3.05, 3.63) is 41.3 Å². The number of benzene rings is 1. The molecule has 0 unspecified atom stereocenters. The topological polar surface area (TPSA) is 38.7 Å². The van der Waals surface area contributed by atoms with Crippen LogP contribution >= 0.6 is 22.9 Å². The summed E-state index contributed by atoms with van der Waals surface area (Å²) in [6.45, 7) is 1.96. The Kier molecular flexibility index (Phi) is 2.53. The van der Waals surface area contributed by atoms with E-state index >= 15 is 0 Å². The average molecular weight is 262 g/mol. The molecule has 2 heterocycles. The van der Waals surface area contributed by atoms with Crippen LogP contribution in [0.15, 0.2) is 30.5 Å². The number of para-hydroxylation sites is 1. The van der Waals surface area contributed by atoms with Crippen molar-refractivity contribution in [3.63, 3.8) is 0 Å². The molecule has 3 nitrogen and oxygen atoms in total. The van der Waals surface area contributed by atoms with Crippen molar-refractivity contribution in [2.75, 3.05) is 0 Å². The summed E-state index contributed by atoms with van der Waals surface area (Å²) in [6, 6.07) is 8.03. The van der Waals surface area contributed by atoms with E-state index < -0.39 is 0 Å². The van der Waals surface area contributed by atoms with Gasteiger partial charge < -0.3 is 0 Å². The van der Waals surface area contributed by atoms with Crippen molar-refractivity contribution in [1.29, 1.82) is 0 Å². The van der Waals surface area contributed by atoms with Crippen molar-refractivity contribution < 1.29 is 0 Å². The van der Waals surface area contributed by atoms with Crippen molar-refractivity contribution in [2.24, 2.45) is 0 Å². The first-order valence-corrected chi connectivity index (χ1v) is 6.28. The Hall–Kier alpha value is -1.52. The molecule has 0 amide bonds. The van der Waals surface area contributed by atoms with Gasteiger partial charge in [-0.3, -0.25) is 0 Å². The van der Waals surface area contributed by atoms with Crippen molar-refractivity contribution in [3.8, 4) is 10.7 Å². The van der Waals surface area contributed by atoms with E-state index in [1.165, 1.54) is 0 Å². The van der Waals surface area contributed by atoms with Crippen LogP contribution in [-0.4, -0.2) is 15.0 Å². The van der Waals surface area contributed by atoms with Gasteiger partial charge in [0.15, 0.2) is 0 Å². The molecule has 2 aromatic heterocycles. The Morgan fingerprint density at radius 1 is 1.18 bits per heavy atom. The predicted octanol–water partition coefficient (Wildman–Crippen LogP) is 3.72. The SMILES string of the molecule is Cc1cnc(Cl)nc1-c1nc2ccccc2s1. The lowest BCUT2D eigenvalue weighted by Gasteiger charge is -1.99. The molecule has 0 saturated heterocycles. The molecule has 0 fully saturated rings. The largest absolute Gasteiger partial charge is 0.234 e. The fourth-order valence-corrected chi connectivity index (χ4v) is 2.76. The number of fused-ring (bicyclic) bond motifs is 1. The second-order valence-corrected chi connectivity index (χ2v) is 5.03. The highest BCUT2D eigenvalue weighted by Gasteiger charge is 2.10. The monoisotopic (exact) mass is 261 g/mol. The number of halogens is 1. The van der Waals surface area contributed by atoms with Crippen molar-refractivity contribution >= 4 is 33.2 Å². The molecule has 1 aromatic carbocycles. The first-order chi connectivity index (χ1) is 8.24. The summed E-state index contributed by atoms with van der Waals surface area (Å²) < 4.78 is 1.15. The van der Waals surface area contributed by atoms with Crippen LogP contribution < -0.4 is 0 Å². The fourth-order valence-electron chi connectivity index (χ4n) is 1.61. The van der Waals surface area contributed by atoms with E-state index in [-0.39, 0.29) is 5.28 Å². The molecule has 0 saturated carbocycles. The Morgan fingerprint density at radius 2 is 2.00 bits per heavy atom. The normalized spacial score (nSPS) is 10.9. The van der Waals surface area contributed by atoms with Crippen LogP contribution in [0.3, 0.4) is 0 Å². The highest BCUT2D eigenvalue weighted by molar-refractivity contribution is 7.21. The lowest BCUT2D eigenvalue weighted by atomic mass is 10.2. The van der Waals surface area contributed by atoms with Gasteiger partial charge in [-0.25, -0.2) is 15.0 Å². The van der Waals surface area contributed by atoms with E-state index in [4.69, 9.17) is 11.6 Å². The smallest absolute Gasteiger partial charge is 0.222 e. The number of nitrogens with zero attached hydrogens (tertiary/aromatic N) is 3. The van der Waals surface area contributed by atoms with Gasteiger partial charge in [-0.05, 0) is 36.2 Å². The van der Waals surface area contributed by atoms with Crippen LogP contribution in [0.5, 0.6) is 0 Å². The number of rotatable bonds is 1. The zero-order chi connectivity index (χ0) is 11.8. The van der Waals surface area contributed by atoms with Gasteiger partial charge in [0.1, 0.15) is 10.7 Å². The summed E-state index contributed by atoms with van der Waals surface area (Å²) >= 11 is 7.43. The lowest BCUT2D eigenvalue weighted by Crippen LogP contribution is -1.90. The molecule has 0 radical (unpaired) electrons. The molecule has 5 heteroatoms. The van der Waals surface area contributed by atoms with Gasteiger partial charge in [-0.1, -0.05) is 12.1 Å². The number of thiazole rings is 1. The third-order valence-electron chi connectivity index (χ3n) is 2.44. The highest BCUT2D eigenvalue weighted by atomic mass is 35.5. The Labute approximate surface area is 107 Å². The van der Waals surface area contributed by atoms with Crippen LogP contribution in [0, 0.1) is 6.92 Å². The number of hydrogen-bond donors (Lipinski definition) is 0. The molecular weight excluding hydrogens is 254 g/mol. The minimum absolute atomic E-state index is 0.254. The fraction of sp³-hybridized carbons (Fsp3) is 0.0833. The minimum atomic E-state index is 0.254. The van der Waals surface area contributed by atoms with Crippen LogP contribution in [0.25, 0.3) is 20.9 Å². The summed E-state index contributed by atoms with van der Waals surface area (Å²) in [7, 11) is 0. The van der Waals surface area contributed by atoms with Gasteiger partial charge in [0.25, 0.3) is 0 Å². The van der Waals surface area contributed by atoms with E-state index in [1.807, 2.05) is 25.1 Å². The molecule has 0 aliphatic carbocycles. The van der Waals surface area contributed by atoms with Gasteiger partial charge in [0.05, 0.1) is 10.2 Å². The summed E-state index contributed by atoms with van der Waals surface area (Å²) in [5.41, 5.74) is 2.78. The van der Waals surface area contributed by atoms with Crippen molar-refractivity contribution in [2.45, 2.75) is 6.92 Å². The second-order valence-electron chi connectivity index (χ2n) is 3.66. The molecule has 0 aliphatic heterocycles. The van der Waals surface area contributed by atoms with E-state index in [2.05, 4.69) is 21.0 Å². The zero-order valence-electron chi connectivity index (χ0n) is 9.01. The van der Waals surface area contributed by atoms with E-state index in [9.17, 15) is 0 Å². The molecular formula is C12H8ClN3S. The first kappa shape index (κ1) is 10.6. The van der Waals surface area contributed by atoms with Crippen molar-refractivity contribution in [1.82, 2.24) is 15.0 Å².